The summed E-state index contributed by atoms with van der Waals surface area (Å²) in [6.07, 6.45) is -0.283. The van der Waals surface area contributed by atoms with Crippen LogP contribution in [0.15, 0.2) is 72.3 Å². The fourth-order valence-electron chi connectivity index (χ4n) is 4.25. The molecule has 1 unspecified atom stereocenters. The predicted octanol–water partition coefficient (Wildman–Crippen LogP) is 5.20. The zero-order valence-corrected chi connectivity index (χ0v) is 20.5. The third-order valence-corrected chi connectivity index (χ3v) is 6.03. The Hall–Kier alpha value is -4.39. The van der Waals surface area contributed by atoms with Crippen LogP contribution in [0, 0.1) is 13.8 Å². The van der Waals surface area contributed by atoms with Gasteiger partial charge in [0, 0.05) is 11.3 Å². The van der Waals surface area contributed by atoms with E-state index in [0.717, 1.165) is 11.1 Å². The molecule has 1 fully saturated rings. The number of nitrogens with zero attached hydrogens (tertiary/aromatic N) is 1. The van der Waals surface area contributed by atoms with Crippen LogP contribution in [0.5, 0.6) is 5.75 Å². The van der Waals surface area contributed by atoms with E-state index in [1.165, 1.54) is 29.2 Å². The van der Waals surface area contributed by atoms with Crippen molar-refractivity contribution in [3.05, 3.63) is 100 Å². The van der Waals surface area contributed by atoms with Crippen LogP contribution in [0.25, 0.3) is 5.76 Å². The molecule has 184 valence electrons. The Morgan fingerprint density at radius 2 is 1.58 bits per heavy atom. The number of carbonyl (C=O) groups is 3. The molecular weight excluding hydrogens is 458 g/mol. The largest absolute Gasteiger partial charge is 0.508 e. The van der Waals surface area contributed by atoms with E-state index in [2.05, 4.69) is 0 Å². The number of esters is 1. The zero-order valence-electron chi connectivity index (χ0n) is 20.5. The quantitative estimate of drug-likeness (QED) is 0.223. The standard InChI is InChI=1S/C29H27NO6/c1-16(2)36-29(35)20-7-11-21(12-8-20)30-25(19-9-13-22(31)14-10-19)24(27(33)28(30)34)26(32)23-15-17(3)5-6-18(23)4/h5-16,25,31-32H,1-4H3/b26-24+. The maximum atomic E-state index is 13.3. The van der Waals surface area contributed by atoms with Crippen molar-refractivity contribution >= 4 is 29.1 Å². The summed E-state index contributed by atoms with van der Waals surface area (Å²) >= 11 is 0. The average molecular weight is 486 g/mol. The van der Waals surface area contributed by atoms with Gasteiger partial charge >= 0.3 is 5.97 Å². The molecule has 1 aliphatic rings. The molecule has 0 spiro atoms. The number of aliphatic hydroxyl groups excluding tert-OH is 1. The molecule has 3 aromatic rings. The van der Waals surface area contributed by atoms with E-state index in [0.29, 0.717) is 22.4 Å². The van der Waals surface area contributed by atoms with Crippen LogP contribution in [0.1, 0.15) is 52.5 Å². The summed E-state index contributed by atoms with van der Waals surface area (Å²) in [5.41, 5.74) is 3.26. The van der Waals surface area contributed by atoms with Gasteiger partial charge in [0.05, 0.1) is 23.3 Å². The average Bonchev–Trinajstić information content (AvgIpc) is 3.10. The van der Waals surface area contributed by atoms with Crippen molar-refractivity contribution < 1.29 is 29.3 Å². The number of anilines is 1. The van der Waals surface area contributed by atoms with Gasteiger partial charge in [0.1, 0.15) is 11.5 Å². The molecule has 0 saturated carbocycles. The number of hydrogen-bond donors (Lipinski definition) is 2. The molecule has 0 radical (unpaired) electrons. The second-order valence-corrected chi connectivity index (χ2v) is 9.08. The molecule has 7 heteroatoms. The lowest BCUT2D eigenvalue weighted by molar-refractivity contribution is -0.132. The van der Waals surface area contributed by atoms with E-state index >= 15 is 0 Å². The number of phenols is 1. The number of aryl methyl sites for hydroxylation is 2. The van der Waals surface area contributed by atoms with Gasteiger partial charge in [0.15, 0.2) is 0 Å². The van der Waals surface area contributed by atoms with Crippen molar-refractivity contribution in [1.29, 1.82) is 0 Å². The minimum atomic E-state index is -0.945. The first kappa shape index (κ1) is 24.7. The van der Waals surface area contributed by atoms with E-state index in [1.807, 2.05) is 26.0 Å². The van der Waals surface area contributed by atoms with Crippen molar-refractivity contribution in [1.82, 2.24) is 0 Å². The molecule has 0 aromatic heterocycles. The SMILES string of the molecule is Cc1ccc(C)c(/C(O)=C2\C(=O)C(=O)N(c3ccc(C(=O)OC(C)C)cc3)C2c2ccc(O)cc2)c1. The molecule has 2 N–H and O–H groups in total. The molecule has 1 aliphatic heterocycles. The van der Waals surface area contributed by atoms with Crippen LogP contribution in [0.4, 0.5) is 5.69 Å². The van der Waals surface area contributed by atoms with Crippen LogP contribution >= 0.6 is 0 Å². The lowest BCUT2D eigenvalue weighted by Crippen LogP contribution is -2.29. The number of aromatic hydroxyl groups is 1. The van der Waals surface area contributed by atoms with E-state index in [9.17, 15) is 24.6 Å². The van der Waals surface area contributed by atoms with Gasteiger partial charge in [-0.25, -0.2) is 4.79 Å². The highest BCUT2D eigenvalue weighted by Crippen LogP contribution is 2.43. The molecular formula is C29H27NO6. The lowest BCUT2D eigenvalue weighted by atomic mass is 9.93. The van der Waals surface area contributed by atoms with Crippen LogP contribution in [0.2, 0.25) is 0 Å². The highest BCUT2D eigenvalue weighted by atomic mass is 16.5. The van der Waals surface area contributed by atoms with Gasteiger partial charge in [0.2, 0.25) is 0 Å². The summed E-state index contributed by atoms with van der Waals surface area (Å²) in [7, 11) is 0. The van der Waals surface area contributed by atoms with Gasteiger partial charge in [0.25, 0.3) is 11.7 Å². The first-order valence-corrected chi connectivity index (χ1v) is 11.6. The minimum Gasteiger partial charge on any atom is -0.508 e. The van der Waals surface area contributed by atoms with Gasteiger partial charge in [-0.05, 0) is 81.3 Å². The second-order valence-electron chi connectivity index (χ2n) is 9.08. The van der Waals surface area contributed by atoms with Crippen molar-refractivity contribution in [2.45, 2.75) is 39.8 Å². The van der Waals surface area contributed by atoms with E-state index in [-0.39, 0.29) is 23.2 Å². The first-order valence-electron chi connectivity index (χ1n) is 11.6. The number of hydrogen-bond acceptors (Lipinski definition) is 6. The summed E-state index contributed by atoms with van der Waals surface area (Å²) in [6.45, 7) is 7.19. The van der Waals surface area contributed by atoms with Gasteiger partial charge < -0.3 is 14.9 Å². The molecule has 7 nitrogen and oxygen atoms in total. The molecule has 3 aromatic carbocycles. The fraction of sp³-hybridized carbons (Fsp3) is 0.207. The highest BCUT2D eigenvalue weighted by Gasteiger charge is 2.47. The molecule has 0 aliphatic carbocycles. The van der Waals surface area contributed by atoms with E-state index in [4.69, 9.17) is 4.74 Å². The van der Waals surface area contributed by atoms with E-state index in [1.54, 1.807) is 44.2 Å². The summed E-state index contributed by atoms with van der Waals surface area (Å²) in [6, 6.07) is 16.8. The Kier molecular flexibility index (Phi) is 6.66. The molecule has 4 rings (SSSR count). The third kappa shape index (κ3) is 4.60. The Balaban J connectivity index is 1.87. The Morgan fingerprint density at radius 3 is 2.19 bits per heavy atom. The molecule has 1 heterocycles. The highest BCUT2D eigenvalue weighted by molar-refractivity contribution is 6.51. The predicted molar refractivity (Wildman–Crippen MR) is 136 cm³/mol. The van der Waals surface area contributed by atoms with Gasteiger partial charge in [-0.2, -0.15) is 0 Å². The minimum absolute atomic E-state index is 0.0262. The smallest absolute Gasteiger partial charge is 0.338 e. The molecule has 1 atom stereocenters. The summed E-state index contributed by atoms with van der Waals surface area (Å²) in [4.78, 5) is 40.2. The number of Topliss-reactive ketones (excluding diaryl/α,β-unsaturated/α-hetero) is 1. The topological polar surface area (TPSA) is 104 Å². The summed E-state index contributed by atoms with van der Waals surface area (Å²) in [5.74, 6) is -2.37. The zero-order chi connectivity index (χ0) is 26.1. The fourth-order valence-corrected chi connectivity index (χ4v) is 4.25. The number of carbonyl (C=O) groups excluding carboxylic acids is 3. The number of rotatable bonds is 5. The monoisotopic (exact) mass is 485 g/mol. The van der Waals surface area contributed by atoms with Crippen molar-refractivity contribution in [3.8, 4) is 5.75 Å². The molecule has 36 heavy (non-hydrogen) atoms. The van der Waals surface area contributed by atoms with Crippen LogP contribution < -0.4 is 4.90 Å². The number of ether oxygens (including phenoxy) is 1. The second kappa shape index (κ2) is 9.70. The van der Waals surface area contributed by atoms with Crippen molar-refractivity contribution in [3.63, 3.8) is 0 Å². The number of ketones is 1. The molecule has 1 amide bonds. The maximum Gasteiger partial charge on any atom is 0.338 e. The maximum absolute atomic E-state index is 13.3. The third-order valence-electron chi connectivity index (χ3n) is 6.03. The summed E-state index contributed by atoms with van der Waals surface area (Å²) < 4.78 is 5.22. The van der Waals surface area contributed by atoms with E-state index < -0.39 is 23.7 Å². The van der Waals surface area contributed by atoms with Crippen LogP contribution in [0.3, 0.4) is 0 Å². The number of aliphatic hydroxyl groups is 1. The Morgan fingerprint density at radius 1 is 0.944 bits per heavy atom. The van der Waals surface area contributed by atoms with Crippen molar-refractivity contribution in [2.24, 2.45) is 0 Å². The summed E-state index contributed by atoms with van der Waals surface area (Å²) in [5, 5.41) is 21.1. The normalized spacial score (nSPS) is 17.0. The van der Waals surface area contributed by atoms with Crippen LogP contribution in [-0.4, -0.2) is 34.0 Å². The number of amides is 1. The Bertz CT molecular complexity index is 1370. The van der Waals surface area contributed by atoms with Gasteiger partial charge in [-0.1, -0.05) is 29.8 Å². The number of phenolic OH excluding ortho intramolecular Hbond substituents is 1. The molecule has 0 bridgehead atoms. The molecule has 1 saturated heterocycles. The number of benzene rings is 3. The van der Waals surface area contributed by atoms with Gasteiger partial charge in [-0.15, -0.1) is 0 Å². The Labute approximate surface area is 209 Å². The lowest BCUT2D eigenvalue weighted by Gasteiger charge is -2.26. The van der Waals surface area contributed by atoms with Crippen LogP contribution in [-0.2, 0) is 14.3 Å². The van der Waals surface area contributed by atoms with Crippen molar-refractivity contribution in [2.75, 3.05) is 4.90 Å². The first-order chi connectivity index (χ1) is 17.1. The van der Waals surface area contributed by atoms with Gasteiger partial charge in [-0.3, -0.25) is 14.5 Å².